The highest BCUT2D eigenvalue weighted by Gasteiger charge is 2.28. The molecule has 1 aliphatic rings. The van der Waals surface area contributed by atoms with Crippen LogP contribution >= 0.6 is 11.6 Å². The van der Waals surface area contributed by atoms with Crippen LogP contribution in [0.25, 0.3) is 11.1 Å². The molecule has 154 valence electrons. The fraction of sp³-hybridized carbons (Fsp3) is 0.125. The van der Waals surface area contributed by atoms with Gasteiger partial charge < -0.3 is 15.2 Å². The van der Waals surface area contributed by atoms with Crippen molar-refractivity contribution in [3.63, 3.8) is 0 Å². The van der Waals surface area contributed by atoms with Crippen molar-refractivity contribution in [1.29, 1.82) is 0 Å². The summed E-state index contributed by atoms with van der Waals surface area (Å²) < 4.78 is 5.44. The second kappa shape index (κ2) is 8.90. The van der Waals surface area contributed by atoms with Crippen molar-refractivity contribution < 1.29 is 19.4 Å². The highest BCUT2D eigenvalue weighted by Crippen LogP contribution is 2.44. The van der Waals surface area contributed by atoms with Crippen LogP contribution in [-0.4, -0.2) is 35.3 Å². The molecule has 0 bridgehead atoms. The van der Waals surface area contributed by atoms with Gasteiger partial charge in [0, 0.05) is 17.7 Å². The number of carboxylic acids is 1. The molecular weight excluding hydrogens is 416 g/mol. The molecule has 0 atom stereocenters. The molecule has 2 aromatic carbocycles. The quantitative estimate of drug-likeness (QED) is 0.599. The van der Waals surface area contributed by atoms with Crippen molar-refractivity contribution in [1.82, 2.24) is 10.3 Å². The fourth-order valence-electron chi connectivity index (χ4n) is 3.58. The number of carboxylic acid groups (broad SMARTS) is 1. The van der Waals surface area contributed by atoms with Crippen LogP contribution in [0, 0.1) is 11.8 Å². The number of alkyl carbamates (subject to hydrolysis) is 1. The Hall–Kier alpha value is -3.82. The van der Waals surface area contributed by atoms with Gasteiger partial charge in [0.1, 0.15) is 6.61 Å². The summed E-state index contributed by atoms with van der Waals surface area (Å²) in [4.78, 5) is 26.8. The summed E-state index contributed by atoms with van der Waals surface area (Å²) in [5.41, 5.74) is 4.84. The number of nitrogens with one attached hydrogen (secondary N) is 1. The third-order valence-electron chi connectivity index (χ3n) is 4.94. The topological polar surface area (TPSA) is 88.5 Å². The van der Waals surface area contributed by atoms with E-state index in [0.29, 0.717) is 5.56 Å². The number of benzene rings is 2. The molecule has 6 nitrogen and oxygen atoms in total. The summed E-state index contributed by atoms with van der Waals surface area (Å²) in [6.07, 6.45) is 0.754. The largest absolute Gasteiger partial charge is 0.476 e. The second-order valence-electron chi connectivity index (χ2n) is 6.84. The van der Waals surface area contributed by atoms with E-state index in [1.54, 1.807) is 0 Å². The number of aromatic carboxylic acids is 1. The van der Waals surface area contributed by atoms with E-state index in [9.17, 15) is 9.59 Å². The minimum absolute atomic E-state index is 0.00351. The zero-order valence-corrected chi connectivity index (χ0v) is 17.0. The van der Waals surface area contributed by atoms with Gasteiger partial charge >= 0.3 is 12.1 Å². The number of aromatic nitrogens is 1. The molecule has 31 heavy (non-hydrogen) atoms. The molecule has 1 amide bonds. The zero-order chi connectivity index (χ0) is 21.8. The summed E-state index contributed by atoms with van der Waals surface area (Å²) in [7, 11) is 0. The molecule has 0 fully saturated rings. The first-order valence-electron chi connectivity index (χ1n) is 9.51. The van der Waals surface area contributed by atoms with Gasteiger partial charge in [-0.3, -0.25) is 0 Å². The minimum atomic E-state index is -1.21. The molecule has 7 heteroatoms. The summed E-state index contributed by atoms with van der Waals surface area (Å²) in [6, 6.07) is 17.7. The number of pyridine rings is 1. The Kier molecular flexibility index (Phi) is 5.87. The lowest BCUT2D eigenvalue weighted by Crippen LogP contribution is -2.26. The normalized spacial score (nSPS) is 11.6. The van der Waals surface area contributed by atoms with Gasteiger partial charge in [-0.15, -0.1) is 0 Å². The number of carbonyl (C=O) groups excluding carboxylic acids is 1. The number of carbonyl (C=O) groups is 2. The van der Waals surface area contributed by atoms with Crippen LogP contribution in [0.15, 0.2) is 60.8 Å². The number of halogens is 1. The first-order chi connectivity index (χ1) is 15.0. The van der Waals surface area contributed by atoms with Crippen molar-refractivity contribution in [3.8, 4) is 23.0 Å². The summed E-state index contributed by atoms with van der Waals surface area (Å²) in [6.45, 7) is 0.290. The van der Waals surface area contributed by atoms with E-state index in [0.717, 1.165) is 11.1 Å². The Labute approximate surface area is 183 Å². The van der Waals surface area contributed by atoms with Crippen LogP contribution in [0.5, 0.6) is 0 Å². The van der Waals surface area contributed by atoms with Gasteiger partial charge in [-0.05, 0) is 28.3 Å². The van der Waals surface area contributed by atoms with E-state index in [1.807, 2.05) is 24.3 Å². The Bertz CT molecular complexity index is 1180. The molecule has 0 spiro atoms. The van der Waals surface area contributed by atoms with E-state index in [4.69, 9.17) is 21.4 Å². The van der Waals surface area contributed by atoms with E-state index in [2.05, 4.69) is 46.4 Å². The SMILES string of the molecule is O=C(NCC#Cc1cnc(C(=O)O)c(Cl)c1)OCC1c2ccccc2-c2ccccc21. The Balaban J connectivity index is 1.34. The van der Waals surface area contributed by atoms with Crippen LogP contribution in [0.1, 0.15) is 33.1 Å². The highest BCUT2D eigenvalue weighted by atomic mass is 35.5. The van der Waals surface area contributed by atoms with Crippen molar-refractivity contribution >= 4 is 23.7 Å². The lowest BCUT2D eigenvalue weighted by atomic mass is 9.98. The average Bonchev–Trinajstić information content (AvgIpc) is 3.09. The smallest absolute Gasteiger partial charge is 0.407 e. The van der Waals surface area contributed by atoms with Crippen molar-refractivity contribution in [3.05, 3.63) is 88.2 Å². The van der Waals surface area contributed by atoms with Crippen LogP contribution in [0.4, 0.5) is 4.79 Å². The van der Waals surface area contributed by atoms with E-state index in [1.165, 1.54) is 23.4 Å². The third-order valence-corrected chi connectivity index (χ3v) is 5.23. The second-order valence-corrected chi connectivity index (χ2v) is 7.25. The molecule has 0 unspecified atom stereocenters. The molecule has 3 aromatic rings. The Morgan fingerprint density at radius 1 is 1.10 bits per heavy atom. The first kappa shape index (κ1) is 20.5. The molecule has 1 aromatic heterocycles. The fourth-order valence-corrected chi connectivity index (χ4v) is 3.82. The van der Waals surface area contributed by atoms with Crippen LogP contribution in [0.2, 0.25) is 5.02 Å². The predicted octanol–water partition coefficient (Wildman–Crippen LogP) is 4.32. The van der Waals surface area contributed by atoms with Crippen molar-refractivity contribution in [2.75, 3.05) is 13.2 Å². The summed E-state index contributed by atoms with van der Waals surface area (Å²) in [5.74, 6) is 4.31. The maximum absolute atomic E-state index is 12.1. The molecule has 0 radical (unpaired) electrons. The Morgan fingerprint density at radius 2 is 1.74 bits per heavy atom. The van der Waals surface area contributed by atoms with Gasteiger partial charge in [-0.2, -0.15) is 0 Å². The molecule has 0 saturated carbocycles. The summed E-state index contributed by atoms with van der Waals surface area (Å²) in [5, 5.41) is 11.5. The number of amides is 1. The number of hydrogen-bond acceptors (Lipinski definition) is 4. The number of ether oxygens (including phenoxy) is 1. The monoisotopic (exact) mass is 432 g/mol. The lowest BCUT2D eigenvalue weighted by Gasteiger charge is -2.14. The minimum Gasteiger partial charge on any atom is -0.476 e. The standard InChI is InChI=1S/C24H17ClN2O4/c25-21-12-15(13-27-22(21)23(28)29)6-5-11-26-24(30)31-14-20-18-9-3-1-7-16(18)17-8-2-4-10-19(17)20/h1-4,7-10,12-13,20H,11,14H2,(H,26,30)(H,28,29). The first-order valence-corrected chi connectivity index (χ1v) is 9.89. The molecule has 0 saturated heterocycles. The maximum atomic E-state index is 12.1. The van der Waals surface area contributed by atoms with E-state index >= 15 is 0 Å². The van der Waals surface area contributed by atoms with Gasteiger partial charge in [0.15, 0.2) is 5.69 Å². The number of hydrogen-bond donors (Lipinski definition) is 2. The van der Waals surface area contributed by atoms with E-state index < -0.39 is 12.1 Å². The predicted molar refractivity (Wildman–Crippen MR) is 116 cm³/mol. The van der Waals surface area contributed by atoms with Gasteiger partial charge in [-0.25, -0.2) is 14.6 Å². The summed E-state index contributed by atoms with van der Waals surface area (Å²) >= 11 is 5.86. The van der Waals surface area contributed by atoms with Gasteiger partial charge in [0.05, 0.1) is 11.6 Å². The van der Waals surface area contributed by atoms with Gasteiger partial charge in [0.2, 0.25) is 0 Å². The molecule has 1 aliphatic carbocycles. The van der Waals surface area contributed by atoms with E-state index in [-0.39, 0.29) is 29.8 Å². The lowest BCUT2D eigenvalue weighted by molar-refractivity contribution is 0.0690. The van der Waals surface area contributed by atoms with Crippen LogP contribution in [0.3, 0.4) is 0 Å². The Morgan fingerprint density at radius 3 is 2.35 bits per heavy atom. The van der Waals surface area contributed by atoms with Crippen molar-refractivity contribution in [2.24, 2.45) is 0 Å². The maximum Gasteiger partial charge on any atom is 0.407 e. The number of rotatable bonds is 4. The van der Waals surface area contributed by atoms with Gasteiger partial charge in [0.25, 0.3) is 0 Å². The number of fused-ring (bicyclic) bond motifs is 3. The molecule has 2 N–H and O–H groups in total. The van der Waals surface area contributed by atoms with Gasteiger partial charge in [-0.1, -0.05) is 72.0 Å². The molecular formula is C24H17ClN2O4. The molecule has 1 heterocycles. The van der Waals surface area contributed by atoms with Crippen molar-refractivity contribution in [2.45, 2.75) is 5.92 Å². The third kappa shape index (κ3) is 4.37. The average molecular weight is 433 g/mol. The molecule has 0 aliphatic heterocycles. The zero-order valence-electron chi connectivity index (χ0n) is 16.3. The van der Waals surface area contributed by atoms with Crippen LogP contribution < -0.4 is 5.32 Å². The molecule has 4 rings (SSSR count). The number of nitrogens with zero attached hydrogens (tertiary/aromatic N) is 1. The van der Waals surface area contributed by atoms with Crippen LogP contribution in [-0.2, 0) is 4.74 Å². The highest BCUT2D eigenvalue weighted by molar-refractivity contribution is 6.33.